The monoisotopic (exact) mass is 453 g/mol. The smallest absolute Gasteiger partial charge is 0.405 e. The van der Waals surface area contributed by atoms with Crippen LogP contribution in [0, 0.1) is 10.1 Å². The summed E-state index contributed by atoms with van der Waals surface area (Å²) in [7, 11) is 1.68. The summed E-state index contributed by atoms with van der Waals surface area (Å²) in [5.74, 6) is -1.14. The molecular formula is C18H14F3N5O4S. The zero-order valence-electron chi connectivity index (χ0n) is 15.8. The molecule has 0 aliphatic rings. The highest BCUT2D eigenvalue weighted by molar-refractivity contribution is 7.99. The zero-order chi connectivity index (χ0) is 22.6. The molecule has 0 atom stereocenters. The van der Waals surface area contributed by atoms with E-state index in [1.54, 1.807) is 11.6 Å². The van der Waals surface area contributed by atoms with Gasteiger partial charge in [0.1, 0.15) is 12.1 Å². The number of para-hydroxylation sites is 1. The van der Waals surface area contributed by atoms with Crippen LogP contribution in [0.3, 0.4) is 0 Å². The molecule has 0 aliphatic carbocycles. The summed E-state index contributed by atoms with van der Waals surface area (Å²) in [4.78, 5) is 23.5. The summed E-state index contributed by atoms with van der Waals surface area (Å²) >= 11 is 1.01. The second kappa shape index (κ2) is 9.04. The molecule has 0 saturated heterocycles. The predicted octanol–water partition coefficient (Wildman–Crippen LogP) is 3.70. The van der Waals surface area contributed by atoms with Gasteiger partial charge in [-0.25, -0.2) is 0 Å². The first-order valence-corrected chi connectivity index (χ1v) is 9.38. The van der Waals surface area contributed by atoms with Gasteiger partial charge in [0.05, 0.1) is 9.82 Å². The van der Waals surface area contributed by atoms with Crippen molar-refractivity contribution < 1.29 is 27.6 Å². The molecule has 0 unspecified atom stereocenters. The Morgan fingerprint density at radius 2 is 2.03 bits per heavy atom. The number of hydrogen-bond donors (Lipinski definition) is 1. The molecule has 0 aliphatic heterocycles. The Hall–Kier alpha value is -3.61. The van der Waals surface area contributed by atoms with Gasteiger partial charge in [0.15, 0.2) is 5.16 Å². The van der Waals surface area contributed by atoms with Crippen molar-refractivity contribution in [2.24, 2.45) is 7.05 Å². The minimum atomic E-state index is -4.88. The zero-order valence-corrected chi connectivity index (χ0v) is 16.6. The fourth-order valence-electron chi connectivity index (χ4n) is 2.50. The summed E-state index contributed by atoms with van der Waals surface area (Å²) in [5.41, 5.74) is -0.248. The molecular weight excluding hydrogens is 439 g/mol. The third-order valence-electron chi connectivity index (χ3n) is 3.93. The largest absolute Gasteiger partial charge is 0.573 e. The molecule has 3 rings (SSSR count). The van der Waals surface area contributed by atoms with Crippen LogP contribution in [0.4, 0.5) is 18.9 Å². The van der Waals surface area contributed by atoms with Crippen LogP contribution in [0.1, 0.15) is 15.9 Å². The SMILES string of the molecule is Cn1cnnc1Sc1ccc(C(=O)NCc2ccccc2OC(F)(F)F)cc1[N+](=O)[O-]. The first-order chi connectivity index (χ1) is 14.6. The van der Waals surface area contributed by atoms with Gasteiger partial charge < -0.3 is 14.6 Å². The number of hydrogen-bond acceptors (Lipinski definition) is 7. The molecule has 0 radical (unpaired) electrons. The molecule has 0 bridgehead atoms. The van der Waals surface area contributed by atoms with Gasteiger partial charge in [-0.15, -0.1) is 23.4 Å². The highest BCUT2D eigenvalue weighted by Crippen LogP contribution is 2.34. The summed E-state index contributed by atoms with van der Waals surface area (Å²) in [5, 5.41) is 21.9. The summed E-state index contributed by atoms with van der Waals surface area (Å²) in [6.07, 6.45) is -3.44. The number of carbonyl (C=O) groups excluding carboxylic acids is 1. The molecule has 0 fully saturated rings. The van der Waals surface area contributed by atoms with E-state index in [0.29, 0.717) is 5.16 Å². The Bertz CT molecular complexity index is 1120. The van der Waals surface area contributed by atoms with Crippen LogP contribution in [-0.4, -0.2) is 32.0 Å². The molecule has 162 valence electrons. The maximum Gasteiger partial charge on any atom is 0.573 e. The van der Waals surface area contributed by atoms with Crippen LogP contribution < -0.4 is 10.1 Å². The van der Waals surface area contributed by atoms with Crippen molar-refractivity contribution >= 4 is 23.4 Å². The molecule has 2 aromatic carbocycles. The molecule has 31 heavy (non-hydrogen) atoms. The normalized spacial score (nSPS) is 11.2. The van der Waals surface area contributed by atoms with Crippen molar-refractivity contribution in [3.8, 4) is 5.75 Å². The van der Waals surface area contributed by atoms with Crippen molar-refractivity contribution in [3.63, 3.8) is 0 Å². The number of amides is 1. The number of nitro benzene ring substituents is 1. The highest BCUT2D eigenvalue weighted by Gasteiger charge is 2.32. The fourth-order valence-corrected chi connectivity index (χ4v) is 3.35. The Balaban J connectivity index is 1.76. The van der Waals surface area contributed by atoms with E-state index in [2.05, 4.69) is 20.3 Å². The molecule has 0 saturated carbocycles. The second-order valence-electron chi connectivity index (χ2n) is 6.10. The van der Waals surface area contributed by atoms with Gasteiger partial charge in [-0.1, -0.05) is 18.2 Å². The van der Waals surface area contributed by atoms with Gasteiger partial charge in [0, 0.05) is 30.8 Å². The standard InChI is InChI=1S/C18H14F3N5O4S/c1-25-10-23-24-17(25)31-15-7-6-11(8-13(15)26(28)29)16(27)22-9-12-4-2-3-5-14(12)30-18(19,20)21/h2-8,10H,9H2,1H3,(H,22,27). The van der Waals surface area contributed by atoms with Crippen LogP contribution in [0.15, 0.2) is 58.8 Å². The number of rotatable bonds is 7. The van der Waals surface area contributed by atoms with E-state index in [9.17, 15) is 28.1 Å². The molecule has 1 amide bonds. The number of aromatic nitrogens is 3. The fraction of sp³-hybridized carbons (Fsp3) is 0.167. The number of benzene rings is 2. The Morgan fingerprint density at radius 3 is 2.68 bits per heavy atom. The number of aryl methyl sites for hydroxylation is 1. The average Bonchev–Trinajstić information content (AvgIpc) is 3.10. The van der Waals surface area contributed by atoms with E-state index >= 15 is 0 Å². The van der Waals surface area contributed by atoms with Gasteiger partial charge in [0.25, 0.3) is 11.6 Å². The highest BCUT2D eigenvalue weighted by atomic mass is 32.2. The molecule has 13 heteroatoms. The Labute approximate surface area is 177 Å². The van der Waals surface area contributed by atoms with Gasteiger partial charge in [0.2, 0.25) is 0 Å². The van der Waals surface area contributed by atoms with Crippen LogP contribution in [-0.2, 0) is 13.6 Å². The van der Waals surface area contributed by atoms with Gasteiger partial charge in [-0.2, -0.15) is 0 Å². The second-order valence-corrected chi connectivity index (χ2v) is 7.11. The molecule has 1 N–H and O–H groups in total. The van der Waals surface area contributed by atoms with Crippen molar-refractivity contribution in [2.75, 3.05) is 0 Å². The minimum Gasteiger partial charge on any atom is -0.405 e. The van der Waals surface area contributed by atoms with Crippen molar-refractivity contribution in [2.45, 2.75) is 23.0 Å². The van der Waals surface area contributed by atoms with E-state index in [0.717, 1.165) is 23.9 Å². The van der Waals surface area contributed by atoms with E-state index in [4.69, 9.17) is 0 Å². The van der Waals surface area contributed by atoms with E-state index in [1.807, 2.05) is 0 Å². The number of halogens is 3. The molecule has 1 heterocycles. The first-order valence-electron chi connectivity index (χ1n) is 8.56. The molecule has 1 aromatic heterocycles. The Morgan fingerprint density at radius 1 is 1.29 bits per heavy atom. The van der Waals surface area contributed by atoms with Gasteiger partial charge in [-0.05, 0) is 30.0 Å². The van der Waals surface area contributed by atoms with Crippen molar-refractivity contribution in [1.82, 2.24) is 20.1 Å². The van der Waals surface area contributed by atoms with Crippen LogP contribution >= 0.6 is 11.8 Å². The lowest BCUT2D eigenvalue weighted by Gasteiger charge is -2.13. The maximum atomic E-state index is 12.5. The number of nitrogens with zero attached hydrogens (tertiary/aromatic N) is 4. The number of nitrogens with one attached hydrogen (secondary N) is 1. The van der Waals surface area contributed by atoms with E-state index in [-0.39, 0.29) is 28.3 Å². The Kier molecular flexibility index (Phi) is 6.44. The minimum absolute atomic E-state index is 0.0248. The molecule has 0 spiro atoms. The molecule has 3 aromatic rings. The first kappa shape index (κ1) is 22.1. The van der Waals surface area contributed by atoms with E-state index < -0.39 is 22.9 Å². The number of alkyl halides is 3. The van der Waals surface area contributed by atoms with Crippen molar-refractivity contribution in [3.05, 3.63) is 70.0 Å². The summed E-state index contributed by atoms with van der Waals surface area (Å²) < 4.78 is 43.1. The third-order valence-corrected chi connectivity index (χ3v) is 5.04. The summed E-state index contributed by atoms with van der Waals surface area (Å²) in [6.45, 7) is -0.270. The van der Waals surface area contributed by atoms with Crippen molar-refractivity contribution in [1.29, 1.82) is 0 Å². The van der Waals surface area contributed by atoms with Gasteiger partial charge in [-0.3, -0.25) is 14.9 Å². The van der Waals surface area contributed by atoms with Crippen LogP contribution in [0.5, 0.6) is 5.75 Å². The van der Waals surface area contributed by atoms with Crippen LogP contribution in [0.25, 0.3) is 0 Å². The number of ether oxygens (including phenoxy) is 1. The quantitative estimate of drug-likeness (QED) is 0.429. The number of nitro groups is 1. The molecule has 9 nitrogen and oxygen atoms in total. The lowest BCUT2D eigenvalue weighted by molar-refractivity contribution is -0.387. The maximum absolute atomic E-state index is 12.5. The number of carbonyl (C=O) groups is 1. The van der Waals surface area contributed by atoms with E-state index in [1.165, 1.54) is 36.7 Å². The summed E-state index contributed by atoms with van der Waals surface area (Å²) in [6, 6.07) is 9.21. The average molecular weight is 453 g/mol. The lowest BCUT2D eigenvalue weighted by atomic mass is 10.1. The third kappa shape index (κ3) is 5.72. The lowest BCUT2D eigenvalue weighted by Crippen LogP contribution is -2.24. The predicted molar refractivity (Wildman–Crippen MR) is 103 cm³/mol. The van der Waals surface area contributed by atoms with Crippen LogP contribution in [0.2, 0.25) is 0 Å². The topological polar surface area (TPSA) is 112 Å². The van der Waals surface area contributed by atoms with Gasteiger partial charge >= 0.3 is 6.36 Å².